The molecule has 0 aromatic heterocycles. The van der Waals surface area contributed by atoms with Crippen LogP contribution in [0.1, 0.15) is 23.6 Å². The molecule has 2 aliphatic heterocycles. The van der Waals surface area contributed by atoms with Gasteiger partial charge in [0.25, 0.3) is 5.91 Å². The lowest BCUT2D eigenvalue weighted by atomic mass is 10.1. The SMILES string of the molecule is C[C@H]1Cc2cc(/C=C3/SC(=S)N(Cc4ccccc4)C3=O)ccc2O1. The lowest BCUT2D eigenvalue weighted by molar-refractivity contribution is -0.122. The minimum atomic E-state index is -0.0241. The minimum Gasteiger partial charge on any atom is -0.490 e. The maximum atomic E-state index is 12.7. The molecule has 1 amide bonds. The number of hydrogen-bond acceptors (Lipinski definition) is 4. The molecule has 4 rings (SSSR count). The van der Waals surface area contributed by atoms with Crippen molar-refractivity contribution in [2.75, 3.05) is 0 Å². The maximum absolute atomic E-state index is 12.7. The number of ether oxygens (including phenoxy) is 1. The van der Waals surface area contributed by atoms with Crippen molar-refractivity contribution in [2.45, 2.75) is 26.0 Å². The molecule has 0 spiro atoms. The van der Waals surface area contributed by atoms with Crippen LogP contribution >= 0.6 is 24.0 Å². The third-order valence-electron chi connectivity index (χ3n) is 4.27. The molecular formula is C20H17NO2S2. The molecule has 0 N–H and O–H groups in total. The maximum Gasteiger partial charge on any atom is 0.266 e. The van der Waals surface area contributed by atoms with E-state index >= 15 is 0 Å². The van der Waals surface area contributed by atoms with Gasteiger partial charge in [0.05, 0.1) is 11.4 Å². The molecule has 0 bridgehead atoms. The summed E-state index contributed by atoms with van der Waals surface area (Å²) >= 11 is 6.78. The van der Waals surface area contributed by atoms with E-state index in [4.69, 9.17) is 17.0 Å². The largest absolute Gasteiger partial charge is 0.490 e. The number of hydrogen-bond donors (Lipinski definition) is 0. The summed E-state index contributed by atoms with van der Waals surface area (Å²) in [6.45, 7) is 2.58. The van der Waals surface area contributed by atoms with Gasteiger partial charge in [-0.1, -0.05) is 60.4 Å². The van der Waals surface area contributed by atoms with E-state index in [1.54, 1.807) is 4.90 Å². The number of fused-ring (bicyclic) bond motifs is 1. The Morgan fingerprint density at radius 1 is 1.28 bits per heavy atom. The number of carbonyl (C=O) groups is 1. The van der Waals surface area contributed by atoms with E-state index in [9.17, 15) is 4.79 Å². The van der Waals surface area contributed by atoms with Crippen LogP contribution in [0.5, 0.6) is 5.75 Å². The Bertz CT molecular complexity index is 877. The van der Waals surface area contributed by atoms with Crippen LogP contribution < -0.4 is 4.74 Å². The third kappa shape index (κ3) is 3.34. The lowest BCUT2D eigenvalue weighted by Gasteiger charge is -2.14. The van der Waals surface area contributed by atoms with Crippen molar-refractivity contribution < 1.29 is 9.53 Å². The Kier molecular flexibility index (Phi) is 4.36. The second-order valence-corrected chi connectivity index (χ2v) is 7.93. The van der Waals surface area contributed by atoms with Crippen LogP contribution in [0, 0.1) is 0 Å². The van der Waals surface area contributed by atoms with Gasteiger partial charge in [0.15, 0.2) is 0 Å². The minimum absolute atomic E-state index is 0.0241. The zero-order valence-electron chi connectivity index (χ0n) is 13.8. The van der Waals surface area contributed by atoms with Gasteiger partial charge in [-0.2, -0.15) is 0 Å². The van der Waals surface area contributed by atoms with Crippen LogP contribution in [0.2, 0.25) is 0 Å². The van der Waals surface area contributed by atoms with Gasteiger partial charge in [-0.25, -0.2) is 0 Å². The molecule has 1 saturated heterocycles. The van der Waals surface area contributed by atoms with Crippen molar-refractivity contribution in [1.82, 2.24) is 4.90 Å². The highest BCUT2D eigenvalue weighted by atomic mass is 32.2. The molecule has 2 aliphatic rings. The topological polar surface area (TPSA) is 29.5 Å². The molecule has 3 nitrogen and oxygen atoms in total. The van der Waals surface area contributed by atoms with Crippen molar-refractivity contribution in [3.05, 3.63) is 70.1 Å². The molecule has 5 heteroatoms. The van der Waals surface area contributed by atoms with Gasteiger partial charge < -0.3 is 4.74 Å². The van der Waals surface area contributed by atoms with Crippen molar-refractivity contribution >= 4 is 40.3 Å². The first kappa shape index (κ1) is 16.4. The fourth-order valence-electron chi connectivity index (χ4n) is 3.09. The first-order valence-electron chi connectivity index (χ1n) is 8.19. The summed E-state index contributed by atoms with van der Waals surface area (Å²) in [6, 6.07) is 16.0. The number of amides is 1. The van der Waals surface area contributed by atoms with E-state index in [0.29, 0.717) is 15.8 Å². The molecule has 2 aromatic rings. The number of thiocarbonyl (C=S) groups is 1. The number of carbonyl (C=O) groups excluding carboxylic acids is 1. The summed E-state index contributed by atoms with van der Waals surface area (Å²) in [5, 5.41) is 0. The van der Waals surface area contributed by atoms with Crippen LogP contribution in [0.25, 0.3) is 6.08 Å². The third-order valence-corrected chi connectivity index (χ3v) is 5.65. The standard InChI is InChI=1S/C20H17NO2S2/c1-13-9-16-10-15(7-8-17(16)23-13)11-18-19(22)21(20(24)25-18)12-14-5-3-2-4-6-14/h2-8,10-11,13H,9,12H2,1H3/b18-11+/t13-/m0/s1. The van der Waals surface area contributed by atoms with Crippen molar-refractivity contribution in [3.63, 3.8) is 0 Å². The summed E-state index contributed by atoms with van der Waals surface area (Å²) in [5.74, 6) is 0.922. The number of rotatable bonds is 3. The summed E-state index contributed by atoms with van der Waals surface area (Å²) in [7, 11) is 0. The number of nitrogens with zero attached hydrogens (tertiary/aromatic N) is 1. The molecule has 0 unspecified atom stereocenters. The smallest absolute Gasteiger partial charge is 0.266 e. The van der Waals surface area contributed by atoms with Gasteiger partial charge in [-0.15, -0.1) is 0 Å². The van der Waals surface area contributed by atoms with E-state index in [2.05, 4.69) is 13.0 Å². The molecule has 1 fully saturated rings. The van der Waals surface area contributed by atoms with Crippen molar-refractivity contribution in [1.29, 1.82) is 0 Å². The molecule has 1 atom stereocenters. The molecule has 0 radical (unpaired) electrons. The zero-order chi connectivity index (χ0) is 17.4. The predicted molar refractivity (Wildman–Crippen MR) is 105 cm³/mol. The van der Waals surface area contributed by atoms with E-state index < -0.39 is 0 Å². The van der Waals surface area contributed by atoms with Gasteiger partial charge in [0, 0.05) is 6.42 Å². The van der Waals surface area contributed by atoms with Crippen LogP contribution in [-0.4, -0.2) is 21.2 Å². The predicted octanol–water partition coefficient (Wildman–Crippen LogP) is 4.41. The monoisotopic (exact) mass is 367 g/mol. The quantitative estimate of drug-likeness (QED) is 0.594. The van der Waals surface area contributed by atoms with Crippen LogP contribution in [0.3, 0.4) is 0 Å². The molecule has 2 aromatic carbocycles. The Hall–Kier alpha value is -2.11. The molecule has 0 aliphatic carbocycles. The molecule has 126 valence electrons. The molecular weight excluding hydrogens is 350 g/mol. The van der Waals surface area contributed by atoms with Crippen molar-refractivity contribution in [3.8, 4) is 5.75 Å². The zero-order valence-corrected chi connectivity index (χ0v) is 15.4. The van der Waals surface area contributed by atoms with Gasteiger partial charge in [0.2, 0.25) is 0 Å². The Morgan fingerprint density at radius 3 is 2.88 bits per heavy atom. The number of benzene rings is 2. The highest BCUT2D eigenvalue weighted by Gasteiger charge is 2.32. The molecule has 25 heavy (non-hydrogen) atoms. The lowest BCUT2D eigenvalue weighted by Crippen LogP contribution is -2.27. The van der Waals surface area contributed by atoms with E-state index in [0.717, 1.165) is 23.3 Å². The second-order valence-electron chi connectivity index (χ2n) is 6.25. The normalized spacial score (nSPS) is 20.9. The van der Waals surface area contributed by atoms with Gasteiger partial charge in [-0.05, 0) is 41.8 Å². The summed E-state index contributed by atoms with van der Waals surface area (Å²) in [5.41, 5.74) is 3.28. The summed E-state index contributed by atoms with van der Waals surface area (Å²) in [4.78, 5) is 15.1. The average molecular weight is 367 g/mol. The van der Waals surface area contributed by atoms with E-state index in [1.165, 1.54) is 17.3 Å². The first-order chi connectivity index (χ1) is 12.1. The molecule has 0 saturated carbocycles. The number of thioether (sulfide) groups is 1. The van der Waals surface area contributed by atoms with Gasteiger partial charge in [0.1, 0.15) is 16.2 Å². The summed E-state index contributed by atoms with van der Waals surface area (Å²) in [6.07, 6.45) is 3.05. The van der Waals surface area contributed by atoms with Crippen LogP contribution in [0.4, 0.5) is 0 Å². The highest BCUT2D eigenvalue weighted by Crippen LogP contribution is 2.35. The highest BCUT2D eigenvalue weighted by molar-refractivity contribution is 8.26. The van der Waals surface area contributed by atoms with Gasteiger partial charge >= 0.3 is 0 Å². The Morgan fingerprint density at radius 2 is 2.08 bits per heavy atom. The Labute approximate surface area is 156 Å². The second kappa shape index (κ2) is 6.65. The van der Waals surface area contributed by atoms with E-state index in [-0.39, 0.29) is 12.0 Å². The van der Waals surface area contributed by atoms with Crippen LogP contribution in [-0.2, 0) is 17.8 Å². The van der Waals surface area contributed by atoms with Gasteiger partial charge in [-0.3, -0.25) is 9.69 Å². The summed E-state index contributed by atoms with van der Waals surface area (Å²) < 4.78 is 6.34. The Balaban J connectivity index is 1.56. The average Bonchev–Trinajstić information content (AvgIpc) is 3.09. The van der Waals surface area contributed by atoms with Crippen molar-refractivity contribution in [2.24, 2.45) is 0 Å². The fourth-order valence-corrected chi connectivity index (χ4v) is 4.34. The first-order valence-corrected chi connectivity index (χ1v) is 9.41. The van der Waals surface area contributed by atoms with E-state index in [1.807, 2.05) is 48.5 Å². The van der Waals surface area contributed by atoms with Crippen LogP contribution in [0.15, 0.2) is 53.4 Å². The fraction of sp³-hybridized carbons (Fsp3) is 0.200. The molecule has 2 heterocycles.